The van der Waals surface area contributed by atoms with Gasteiger partial charge in [0.25, 0.3) is 5.56 Å². The topological polar surface area (TPSA) is 46.3 Å². The SMILES string of the molecule is CCn1cc(-c2nc3ccc(N4CCN(C)CC4)cc3n2Cc2ccccc2)cc(C)c1=O. The molecule has 2 aromatic carbocycles. The molecule has 0 bridgehead atoms. The normalized spacial score (nSPS) is 14.8. The molecule has 6 heteroatoms. The molecule has 170 valence electrons. The van der Waals surface area contributed by atoms with Crippen LogP contribution in [0.25, 0.3) is 22.4 Å². The molecule has 4 aromatic rings. The van der Waals surface area contributed by atoms with Crippen LogP contribution in [0, 0.1) is 6.92 Å². The largest absolute Gasteiger partial charge is 0.369 e. The molecule has 6 nitrogen and oxygen atoms in total. The van der Waals surface area contributed by atoms with Crippen LogP contribution in [0.2, 0.25) is 0 Å². The molecular formula is C27H31N5O. The van der Waals surface area contributed by atoms with Crippen molar-refractivity contribution in [3.05, 3.63) is 82.3 Å². The molecule has 2 aromatic heterocycles. The van der Waals surface area contributed by atoms with Crippen molar-refractivity contribution < 1.29 is 0 Å². The molecular weight excluding hydrogens is 410 g/mol. The number of pyridine rings is 1. The summed E-state index contributed by atoms with van der Waals surface area (Å²) in [7, 11) is 2.18. The van der Waals surface area contributed by atoms with Gasteiger partial charge in [0.1, 0.15) is 5.82 Å². The van der Waals surface area contributed by atoms with Crippen LogP contribution in [-0.4, -0.2) is 52.2 Å². The van der Waals surface area contributed by atoms with E-state index in [-0.39, 0.29) is 5.56 Å². The summed E-state index contributed by atoms with van der Waals surface area (Å²) in [5.41, 5.74) is 6.34. The van der Waals surface area contributed by atoms with Gasteiger partial charge in [-0.2, -0.15) is 0 Å². The van der Waals surface area contributed by atoms with E-state index in [0.29, 0.717) is 6.54 Å². The van der Waals surface area contributed by atoms with Gasteiger partial charge in [-0.05, 0) is 50.7 Å². The van der Waals surface area contributed by atoms with E-state index in [0.717, 1.165) is 60.7 Å². The van der Waals surface area contributed by atoms with E-state index in [1.54, 1.807) is 4.57 Å². The van der Waals surface area contributed by atoms with E-state index < -0.39 is 0 Å². The first-order chi connectivity index (χ1) is 16.0. The number of piperazine rings is 1. The summed E-state index contributed by atoms with van der Waals surface area (Å²) >= 11 is 0. The zero-order valence-corrected chi connectivity index (χ0v) is 19.7. The number of likely N-dealkylation sites (N-methyl/N-ethyl adjacent to an activating group) is 1. The number of fused-ring (bicyclic) bond motifs is 1. The molecule has 0 amide bonds. The van der Waals surface area contributed by atoms with Crippen molar-refractivity contribution in [1.82, 2.24) is 19.0 Å². The lowest BCUT2D eigenvalue weighted by Gasteiger charge is -2.34. The molecule has 3 heterocycles. The van der Waals surface area contributed by atoms with Crippen LogP contribution >= 0.6 is 0 Å². The van der Waals surface area contributed by atoms with E-state index in [1.165, 1.54) is 11.3 Å². The molecule has 0 radical (unpaired) electrons. The van der Waals surface area contributed by atoms with Gasteiger partial charge in [0.05, 0.1) is 11.0 Å². The maximum Gasteiger partial charge on any atom is 0.253 e. The molecule has 0 N–H and O–H groups in total. The lowest BCUT2D eigenvalue weighted by atomic mass is 10.1. The molecule has 0 spiro atoms. The molecule has 0 saturated carbocycles. The Bertz CT molecular complexity index is 1330. The van der Waals surface area contributed by atoms with Crippen molar-refractivity contribution in [1.29, 1.82) is 0 Å². The minimum Gasteiger partial charge on any atom is -0.369 e. The Morgan fingerprint density at radius 2 is 1.73 bits per heavy atom. The Kier molecular flexibility index (Phi) is 5.77. The van der Waals surface area contributed by atoms with E-state index in [2.05, 4.69) is 63.9 Å². The lowest BCUT2D eigenvalue weighted by Crippen LogP contribution is -2.44. The molecule has 5 rings (SSSR count). The van der Waals surface area contributed by atoms with E-state index in [9.17, 15) is 4.79 Å². The first-order valence-electron chi connectivity index (χ1n) is 11.7. The predicted molar refractivity (Wildman–Crippen MR) is 135 cm³/mol. The third kappa shape index (κ3) is 4.18. The zero-order valence-electron chi connectivity index (χ0n) is 19.7. The third-order valence-electron chi connectivity index (χ3n) is 6.65. The highest BCUT2D eigenvalue weighted by Crippen LogP contribution is 2.29. The number of aryl methyl sites for hydroxylation is 2. The Morgan fingerprint density at radius 1 is 0.970 bits per heavy atom. The first-order valence-corrected chi connectivity index (χ1v) is 11.7. The highest BCUT2D eigenvalue weighted by molar-refractivity contribution is 5.84. The van der Waals surface area contributed by atoms with Crippen LogP contribution < -0.4 is 10.5 Å². The van der Waals surface area contributed by atoms with E-state index >= 15 is 0 Å². The molecule has 1 fully saturated rings. The van der Waals surface area contributed by atoms with Gasteiger partial charge in [0, 0.05) is 62.3 Å². The van der Waals surface area contributed by atoms with Crippen LogP contribution in [-0.2, 0) is 13.1 Å². The number of rotatable bonds is 5. The maximum atomic E-state index is 12.5. The van der Waals surface area contributed by atoms with Gasteiger partial charge in [0.2, 0.25) is 0 Å². The molecule has 33 heavy (non-hydrogen) atoms. The second-order valence-electron chi connectivity index (χ2n) is 8.97. The minimum absolute atomic E-state index is 0.0596. The minimum atomic E-state index is 0.0596. The van der Waals surface area contributed by atoms with Crippen LogP contribution in [0.4, 0.5) is 5.69 Å². The van der Waals surface area contributed by atoms with Crippen LogP contribution in [0.1, 0.15) is 18.1 Å². The maximum absolute atomic E-state index is 12.5. The second kappa shape index (κ2) is 8.87. The average Bonchev–Trinajstić information content (AvgIpc) is 3.19. The van der Waals surface area contributed by atoms with Crippen molar-refractivity contribution in [3.63, 3.8) is 0 Å². The molecule has 1 saturated heterocycles. The fraction of sp³-hybridized carbons (Fsp3) is 0.333. The zero-order chi connectivity index (χ0) is 22.9. The monoisotopic (exact) mass is 441 g/mol. The summed E-state index contributed by atoms with van der Waals surface area (Å²) in [4.78, 5) is 22.4. The quantitative estimate of drug-likeness (QED) is 0.470. The number of nitrogens with zero attached hydrogens (tertiary/aromatic N) is 5. The molecule has 0 unspecified atom stereocenters. The summed E-state index contributed by atoms with van der Waals surface area (Å²) in [5, 5.41) is 0. The van der Waals surface area contributed by atoms with Crippen molar-refractivity contribution in [2.75, 3.05) is 38.1 Å². The number of aromatic nitrogens is 3. The van der Waals surface area contributed by atoms with Crippen molar-refractivity contribution >= 4 is 16.7 Å². The van der Waals surface area contributed by atoms with Crippen molar-refractivity contribution in [3.8, 4) is 11.4 Å². The van der Waals surface area contributed by atoms with Gasteiger partial charge in [0.15, 0.2) is 0 Å². The van der Waals surface area contributed by atoms with Gasteiger partial charge in [-0.15, -0.1) is 0 Å². The van der Waals surface area contributed by atoms with Gasteiger partial charge in [-0.25, -0.2) is 4.98 Å². The first kappa shape index (κ1) is 21.5. The van der Waals surface area contributed by atoms with Crippen LogP contribution in [0.3, 0.4) is 0 Å². The smallest absolute Gasteiger partial charge is 0.253 e. The summed E-state index contributed by atoms with van der Waals surface area (Å²) in [5.74, 6) is 0.898. The van der Waals surface area contributed by atoms with Crippen molar-refractivity contribution in [2.24, 2.45) is 0 Å². The van der Waals surface area contributed by atoms with Gasteiger partial charge >= 0.3 is 0 Å². The number of imidazole rings is 1. The number of hydrogen-bond acceptors (Lipinski definition) is 4. The Labute approximate surface area is 194 Å². The Morgan fingerprint density at radius 3 is 2.45 bits per heavy atom. The van der Waals surface area contributed by atoms with E-state index in [1.807, 2.05) is 32.2 Å². The molecule has 0 aliphatic carbocycles. The summed E-state index contributed by atoms with van der Waals surface area (Å²) in [6.07, 6.45) is 1.94. The molecule has 1 aliphatic heterocycles. The van der Waals surface area contributed by atoms with E-state index in [4.69, 9.17) is 4.98 Å². The van der Waals surface area contributed by atoms with Gasteiger partial charge < -0.3 is 18.9 Å². The Hall–Kier alpha value is -3.38. The summed E-state index contributed by atoms with van der Waals surface area (Å²) < 4.78 is 4.07. The fourth-order valence-corrected chi connectivity index (χ4v) is 4.66. The van der Waals surface area contributed by atoms with Crippen LogP contribution in [0.5, 0.6) is 0 Å². The van der Waals surface area contributed by atoms with Crippen molar-refractivity contribution in [2.45, 2.75) is 26.9 Å². The fourth-order valence-electron chi connectivity index (χ4n) is 4.66. The number of hydrogen-bond donors (Lipinski definition) is 0. The van der Waals surface area contributed by atoms with Crippen LogP contribution in [0.15, 0.2) is 65.6 Å². The summed E-state index contributed by atoms with van der Waals surface area (Å²) in [6.45, 7) is 9.45. The third-order valence-corrected chi connectivity index (χ3v) is 6.65. The predicted octanol–water partition coefficient (Wildman–Crippen LogP) is 3.99. The molecule has 0 atom stereocenters. The molecule has 1 aliphatic rings. The number of anilines is 1. The average molecular weight is 442 g/mol. The van der Waals surface area contributed by atoms with Gasteiger partial charge in [-0.1, -0.05) is 30.3 Å². The number of benzene rings is 2. The highest BCUT2D eigenvalue weighted by atomic mass is 16.1. The second-order valence-corrected chi connectivity index (χ2v) is 8.97. The Balaban J connectivity index is 1.66. The van der Waals surface area contributed by atoms with Gasteiger partial charge in [-0.3, -0.25) is 4.79 Å². The summed E-state index contributed by atoms with van der Waals surface area (Å²) in [6, 6.07) is 19.1. The standard InChI is InChI=1S/C27H31N5O/c1-4-30-19-22(16-20(2)27(30)33)26-28-24-11-10-23(31-14-12-29(3)13-15-31)17-25(24)32(26)18-21-8-6-5-7-9-21/h5-11,16-17,19H,4,12-15,18H2,1-3H3. The highest BCUT2D eigenvalue weighted by Gasteiger charge is 2.19. The lowest BCUT2D eigenvalue weighted by molar-refractivity contribution is 0.313.